The minimum Gasteiger partial charge on any atom is -0.377 e. The van der Waals surface area contributed by atoms with Crippen molar-refractivity contribution in [2.24, 2.45) is 0 Å². The lowest BCUT2D eigenvalue weighted by atomic mass is 10.0. The van der Waals surface area contributed by atoms with Gasteiger partial charge in [0.1, 0.15) is 17.3 Å². The summed E-state index contributed by atoms with van der Waals surface area (Å²) in [7, 11) is 0. The molecule has 0 saturated carbocycles. The molecular weight excluding hydrogens is 222 g/mol. The normalized spacial score (nSPS) is 18.3. The lowest BCUT2D eigenvalue weighted by Gasteiger charge is -2.32. The van der Waals surface area contributed by atoms with Crippen LogP contribution in [0.15, 0.2) is 18.2 Å². The van der Waals surface area contributed by atoms with E-state index < -0.39 is 11.6 Å². The van der Waals surface area contributed by atoms with Crippen molar-refractivity contribution < 1.29 is 8.78 Å². The second-order valence-corrected chi connectivity index (χ2v) is 4.45. The van der Waals surface area contributed by atoms with Gasteiger partial charge in [0.25, 0.3) is 0 Å². The van der Waals surface area contributed by atoms with Crippen molar-refractivity contribution in [2.45, 2.75) is 25.8 Å². The highest BCUT2D eigenvalue weighted by Gasteiger charge is 2.20. The van der Waals surface area contributed by atoms with Crippen molar-refractivity contribution >= 4 is 5.69 Å². The Kier molecular flexibility index (Phi) is 3.94. The van der Waals surface area contributed by atoms with Crippen LogP contribution in [0, 0.1) is 11.6 Å². The number of anilines is 1. The van der Waals surface area contributed by atoms with Crippen LogP contribution in [-0.2, 0) is 0 Å². The molecule has 0 bridgehead atoms. The largest absolute Gasteiger partial charge is 0.377 e. The number of benzene rings is 1. The van der Waals surface area contributed by atoms with Crippen LogP contribution in [0.5, 0.6) is 0 Å². The molecule has 0 amide bonds. The lowest BCUT2D eigenvalue weighted by Crippen LogP contribution is -2.39. The molecule has 0 aliphatic carbocycles. The number of para-hydroxylation sites is 1. The van der Waals surface area contributed by atoms with Crippen molar-refractivity contribution in [2.75, 3.05) is 25.0 Å². The summed E-state index contributed by atoms with van der Waals surface area (Å²) in [6.45, 7) is 5.15. The number of likely N-dealkylation sites (tertiary alicyclic amines) is 1. The van der Waals surface area contributed by atoms with E-state index in [0.29, 0.717) is 0 Å². The standard InChI is InChI=1S/C13H18F2N2/c1-2-17-8-6-10(7-9-17)16-13-11(14)4-3-5-12(13)15/h3-5,10,16H,2,6-9H2,1H3. The molecule has 1 heterocycles. The maximum absolute atomic E-state index is 13.4. The maximum Gasteiger partial charge on any atom is 0.149 e. The predicted octanol–water partition coefficient (Wildman–Crippen LogP) is 2.86. The molecular formula is C13H18F2N2. The first-order valence-corrected chi connectivity index (χ1v) is 6.13. The summed E-state index contributed by atoms with van der Waals surface area (Å²) < 4.78 is 26.9. The van der Waals surface area contributed by atoms with Crippen LogP contribution in [0.2, 0.25) is 0 Å². The second-order valence-electron chi connectivity index (χ2n) is 4.45. The van der Waals surface area contributed by atoms with Crippen LogP contribution < -0.4 is 5.32 Å². The number of hydrogen-bond donors (Lipinski definition) is 1. The highest BCUT2D eigenvalue weighted by Crippen LogP contribution is 2.22. The molecule has 0 atom stereocenters. The molecule has 1 N–H and O–H groups in total. The zero-order chi connectivity index (χ0) is 12.3. The molecule has 0 spiro atoms. The van der Waals surface area contributed by atoms with Crippen molar-refractivity contribution in [3.63, 3.8) is 0 Å². The Morgan fingerprint density at radius 2 is 1.82 bits per heavy atom. The summed E-state index contributed by atoms with van der Waals surface area (Å²) >= 11 is 0. The minimum absolute atomic E-state index is 0.0162. The Morgan fingerprint density at radius 1 is 1.24 bits per heavy atom. The van der Waals surface area contributed by atoms with Crippen molar-refractivity contribution in [1.29, 1.82) is 0 Å². The summed E-state index contributed by atoms with van der Waals surface area (Å²) in [5.74, 6) is -1.02. The van der Waals surface area contributed by atoms with Crippen LogP contribution in [0.4, 0.5) is 14.5 Å². The third kappa shape index (κ3) is 2.94. The molecule has 0 unspecified atom stereocenters. The Balaban J connectivity index is 1.98. The first-order chi connectivity index (χ1) is 8.20. The zero-order valence-corrected chi connectivity index (χ0v) is 10.0. The van der Waals surface area contributed by atoms with E-state index in [9.17, 15) is 8.78 Å². The smallest absolute Gasteiger partial charge is 0.149 e. The van der Waals surface area contributed by atoms with E-state index >= 15 is 0 Å². The van der Waals surface area contributed by atoms with Gasteiger partial charge in [-0.25, -0.2) is 8.78 Å². The van der Waals surface area contributed by atoms with E-state index in [4.69, 9.17) is 0 Å². The molecule has 1 fully saturated rings. The molecule has 4 heteroatoms. The number of hydrogen-bond acceptors (Lipinski definition) is 2. The topological polar surface area (TPSA) is 15.3 Å². The van der Waals surface area contributed by atoms with E-state index in [2.05, 4.69) is 17.1 Å². The fourth-order valence-electron chi connectivity index (χ4n) is 2.23. The van der Waals surface area contributed by atoms with Gasteiger partial charge >= 0.3 is 0 Å². The third-order valence-electron chi connectivity index (χ3n) is 3.35. The van der Waals surface area contributed by atoms with E-state index in [-0.39, 0.29) is 11.7 Å². The summed E-state index contributed by atoms with van der Waals surface area (Å²) in [6.07, 6.45) is 1.86. The average molecular weight is 240 g/mol. The lowest BCUT2D eigenvalue weighted by molar-refractivity contribution is 0.229. The number of nitrogens with one attached hydrogen (secondary N) is 1. The average Bonchev–Trinajstić information content (AvgIpc) is 2.35. The quantitative estimate of drug-likeness (QED) is 0.874. The van der Waals surface area contributed by atoms with Gasteiger partial charge in [-0.1, -0.05) is 13.0 Å². The maximum atomic E-state index is 13.4. The van der Waals surface area contributed by atoms with E-state index in [0.717, 1.165) is 32.5 Å². The summed E-state index contributed by atoms with van der Waals surface area (Å²) in [5, 5.41) is 2.99. The van der Waals surface area contributed by atoms with E-state index in [1.807, 2.05) is 0 Å². The number of nitrogens with zero attached hydrogens (tertiary/aromatic N) is 1. The predicted molar refractivity (Wildman–Crippen MR) is 65.1 cm³/mol. The molecule has 2 nitrogen and oxygen atoms in total. The highest BCUT2D eigenvalue weighted by atomic mass is 19.1. The van der Waals surface area contributed by atoms with E-state index in [1.54, 1.807) is 0 Å². The summed E-state index contributed by atoms with van der Waals surface area (Å²) in [5.41, 5.74) is 0.0162. The minimum atomic E-state index is -0.511. The Morgan fingerprint density at radius 3 is 2.35 bits per heavy atom. The summed E-state index contributed by atoms with van der Waals surface area (Å²) in [4.78, 5) is 2.34. The van der Waals surface area contributed by atoms with Gasteiger partial charge < -0.3 is 10.2 Å². The first kappa shape index (κ1) is 12.3. The molecule has 94 valence electrons. The van der Waals surface area contributed by atoms with E-state index in [1.165, 1.54) is 18.2 Å². The van der Waals surface area contributed by atoms with Gasteiger partial charge in [0.2, 0.25) is 0 Å². The second kappa shape index (κ2) is 5.45. The van der Waals surface area contributed by atoms with Crippen molar-refractivity contribution in [3.8, 4) is 0 Å². The number of piperidine rings is 1. The fourth-order valence-corrected chi connectivity index (χ4v) is 2.23. The molecule has 17 heavy (non-hydrogen) atoms. The molecule has 2 rings (SSSR count). The fraction of sp³-hybridized carbons (Fsp3) is 0.538. The first-order valence-electron chi connectivity index (χ1n) is 6.13. The van der Waals surface area contributed by atoms with Crippen LogP contribution in [0.1, 0.15) is 19.8 Å². The van der Waals surface area contributed by atoms with Crippen molar-refractivity contribution in [1.82, 2.24) is 4.90 Å². The molecule has 0 aromatic heterocycles. The van der Waals surface area contributed by atoms with Crippen molar-refractivity contribution in [3.05, 3.63) is 29.8 Å². The van der Waals surface area contributed by atoms with Gasteiger partial charge in [0, 0.05) is 19.1 Å². The van der Waals surface area contributed by atoms with Crippen LogP contribution in [0.3, 0.4) is 0 Å². The SMILES string of the molecule is CCN1CCC(Nc2c(F)cccc2F)CC1. The van der Waals surface area contributed by atoms with Gasteiger partial charge in [0.05, 0.1) is 0 Å². The Labute approximate surface area is 101 Å². The molecule has 0 radical (unpaired) electrons. The van der Waals surface area contributed by atoms with Gasteiger partial charge in [-0.2, -0.15) is 0 Å². The Hall–Kier alpha value is -1.16. The monoisotopic (exact) mass is 240 g/mol. The van der Waals surface area contributed by atoms with Gasteiger partial charge in [-0.15, -0.1) is 0 Å². The summed E-state index contributed by atoms with van der Waals surface area (Å²) in [6, 6.07) is 4.12. The zero-order valence-electron chi connectivity index (χ0n) is 10.0. The highest BCUT2D eigenvalue weighted by molar-refractivity contribution is 5.46. The molecule has 1 aliphatic rings. The number of halogens is 2. The third-order valence-corrected chi connectivity index (χ3v) is 3.35. The number of rotatable bonds is 3. The van der Waals surface area contributed by atoms with Crippen LogP contribution in [-0.4, -0.2) is 30.6 Å². The molecule has 1 aromatic carbocycles. The van der Waals surface area contributed by atoms with Crippen LogP contribution in [0.25, 0.3) is 0 Å². The Bertz CT molecular complexity index is 353. The van der Waals surface area contributed by atoms with Crippen LogP contribution >= 0.6 is 0 Å². The van der Waals surface area contributed by atoms with Gasteiger partial charge in [-0.3, -0.25) is 0 Å². The van der Waals surface area contributed by atoms with Gasteiger partial charge in [-0.05, 0) is 31.5 Å². The molecule has 1 aliphatic heterocycles. The van der Waals surface area contributed by atoms with Gasteiger partial charge in [0.15, 0.2) is 0 Å². The molecule has 1 aromatic rings. The molecule has 1 saturated heterocycles.